The van der Waals surface area contributed by atoms with E-state index in [2.05, 4.69) is 21.2 Å². The number of aliphatic hydroxyl groups is 1. The molecule has 13 heavy (non-hydrogen) atoms. The van der Waals surface area contributed by atoms with Crippen LogP contribution in [0.2, 0.25) is 0 Å². The molecule has 1 aromatic rings. The van der Waals surface area contributed by atoms with Crippen LogP contribution in [0.3, 0.4) is 0 Å². The Morgan fingerprint density at radius 2 is 2.38 bits per heavy atom. The first kappa shape index (κ1) is 10.7. The molecule has 1 amide bonds. The van der Waals surface area contributed by atoms with E-state index in [1.54, 1.807) is 11.3 Å². The molecule has 0 aliphatic heterocycles. The van der Waals surface area contributed by atoms with Crippen molar-refractivity contribution in [3.63, 3.8) is 0 Å². The van der Waals surface area contributed by atoms with Gasteiger partial charge in [-0.2, -0.15) is 0 Å². The first-order valence-corrected chi connectivity index (χ1v) is 5.45. The molecule has 0 spiro atoms. The first-order chi connectivity index (χ1) is 6.22. The van der Waals surface area contributed by atoms with Crippen LogP contribution >= 0.6 is 27.3 Å². The summed E-state index contributed by atoms with van der Waals surface area (Å²) in [5, 5.41) is 11.0. The predicted octanol–water partition coefficient (Wildman–Crippen LogP) is 1.16. The van der Waals surface area contributed by atoms with Gasteiger partial charge in [-0.05, 0) is 34.5 Å². The van der Waals surface area contributed by atoms with Gasteiger partial charge in [0.15, 0.2) is 0 Å². The average Bonchev–Trinajstić information content (AvgIpc) is 2.51. The summed E-state index contributed by atoms with van der Waals surface area (Å²) in [7, 11) is 0. The molecule has 0 fully saturated rings. The molecule has 0 saturated carbocycles. The highest BCUT2D eigenvalue weighted by atomic mass is 79.9. The summed E-state index contributed by atoms with van der Waals surface area (Å²) >= 11 is 5.01. The van der Waals surface area contributed by atoms with E-state index in [-0.39, 0.29) is 5.91 Å². The number of hydrogen-bond donors (Lipinski definition) is 2. The normalized spacial score (nSPS) is 10.0. The fraction of sp³-hybridized carbons (Fsp3) is 0.375. The molecule has 1 rings (SSSR count). The molecule has 2 N–H and O–H groups in total. The summed E-state index contributed by atoms with van der Waals surface area (Å²) in [6.07, 6.45) is 0.808. The van der Waals surface area contributed by atoms with Crippen molar-refractivity contribution in [1.82, 2.24) is 5.32 Å². The van der Waals surface area contributed by atoms with Crippen LogP contribution in [0.15, 0.2) is 15.9 Å². The molecule has 0 unspecified atom stereocenters. The minimum Gasteiger partial charge on any atom is -0.387 e. The van der Waals surface area contributed by atoms with Gasteiger partial charge in [-0.15, -0.1) is 11.3 Å². The van der Waals surface area contributed by atoms with Gasteiger partial charge in [0.2, 0.25) is 5.91 Å². The van der Waals surface area contributed by atoms with Crippen molar-refractivity contribution in [3.05, 3.63) is 20.8 Å². The monoisotopic (exact) mass is 263 g/mol. The second-order valence-corrected chi connectivity index (χ2v) is 5.01. The lowest BCUT2D eigenvalue weighted by Gasteiger charge is -2.00. The molecule has 3 nitrogen and oxygen atoms in total. The molecule has 72 valence electrons. The Balaban J connectivity index is 2.24. The van der Waals surface area contributed by atoms with Crippen LogP contribution in [0.25, 0.3) is 0 Å². The molecule has 0 aliphatic rings. The van der Waals surface area contributed by atoms with Crippen LogP contribution in [0.4, 0.5) is 0 Å². The SMILES string of the molecule is O=C(CO)NCCc1ccc(Br)s1. The Morgan fingerprint density at radius 1 is 1.62 bits per heavy atom. The highest BCUT2D eigenvalue weighted by Crippen LogP contribution is 2.21. The summed E-state index contributed by atoms with van der Waals surface area (Å²) in [6.45, 7) is 0.139. The van der Waals surface area contributed by atoms with Crippen molar-refractivity contribution in [2.75, 3.05) is 13.2 Å². The average molecular weight is 264 g/mol. The highest BCUT2D eigenvalue weighted by molar-refractivity contribution is 9.11. The zero-order valence-corrected chi connectivity index (χ0v) is 9.32. The molecule has 0 aromatic carbocycles. The summed E-state index contributed by atoms with van der Waals surface area (Å²) < 4.78 is 1.09. The summed E-state index contributed by atoms with van der Waals surface area (Å²) in [4.78, 5) is 11.9. The molecule has 0 saturated heterocycles. The van der Waals surface area contributed by atoms with Gasteiger partial charge in [0.25, 0.3) is 0 Å². The lowest BCUT2D eigenvalue weighted by molar-refractivity contribution is -0.123. The number of nitrogens with one attached hydrogen (secondary N) is 1. The van der Waals surface area contributed by atoms with Gasteiger partial charge in [0.05, 0.1) is 3.79 Å². The first-order valence-electron chi connectivity index (χ1n) is 3.84. The molecule has 0 atom stereocenters. The number of halogens is 1. The van der Waals surface area contributed by atoms with E-state index in [0.29, 0.717) is 6.54 Å². The van der Waals surface area contributed by atoms with Crippen molar-refractivity contribution >= 4 is 33.2 Å². The predicted molar refractivity (Wildman–Crippen MR) is 55.8 cm³/mol. The van der Waals surface area contributed by atoms with E-state index in [1.807, 2.05) is 12.1 Å². The molecular weight excluding hydrogens is 254 g/mol. The van der Waals surface area contributed by atoms with Crippen LogP contribution in [0.1, 0.15) is 4.88 Å². The fourth-order valence-electron chi connectivity index (χ4n) is 0.867. The Labute approximate surface area is 88.9 Å². The number of carbonyl (C=O) groups excluding carboxylic acids is 1. The third kappa shape index (κ3) is 3.89. The Kier molecular flexibility index (Phi) is 4.41. The highest BCUT2D eigenvalue weighted by Gasteiger charge is 1.99. The Hall–Kier alpha value is -0.390. The Bertz CT molecular complexity index is 287. The second kappa shape index (κ2) is 5.36. The van der Waals surface area contributed by atoms with Gasteiger partial charge in [0.1, 0.15) is 6.61 Å². The maximum Gasteiger partial charge on any atom is 0.245 e. The van der Waals surface area contributed by atoms with E-state index >= 15 is 0 Å². The summed E-state index contributed by atoms with van der Waals surface area (Å²) in [6, 6.07) is 3.99. The van der Waals surface area contributed by atoms with Crippen molar-refractivity contribution in [2.45, 2.75) is 6.42 Å². The standard InChI is InChI=1S/C8H10BrNO2S/c9-7-2-1-6(13-7)3-4-10-8(12)5-11/h1-2,11H,3-5H2,(H,10,12). The van der Waals surface area contributed by atoms with Gasteiger partial charge in [-0.1, -0.05) is 0 Å². The minimum absolute atomic E-state index is 0.323. The third-order valence-corrected chi connectivity index (χ3v) is 3.15. The molecule has 5 heteroatoms. The fourth-order valence-corrected chi connectivity index (χ4v) is 2.35. The quantitative estimate of drug-likeness (QED) is 0.857. The van der Waals surface area contributed by atoms with E-state index in [1.165, 1.54) is 4.88 Å². The van der Waals surface area contributed by atoms with E-state index in [4.69, 9.17) is 5.11 Å². The van der Waals surface area contributed by atoms with Crippen LogP contribution in [-0.2, 0) is 11.2 Å². The topological polar surface area (TPSA) is 49.3 Å². The Morgan fingerprint density at radius 3 is 2.92 bits per heavy atom. The number of amides is 1. The molecule has 1 heterocycles. The van der Waals surface area contributed by atoms with Gasteiger partial charge in [-0.25, -0.2) is 0 Å². The lowest BCUT2D eigenvalue weighted by atomic mass is 10.3. The molecule has 0 aliphatic carbocycles. The lowest BCUT2D eigenvalue weighted by Crippen LogP contribution is -2.27. The number of aliphatic hydroxyl groups excluding tert-OH is 1. The van der Waals surface area contributed by atoms with Gasteiger partial charge >= 0.3 is 0 Å². The van der Waals surface area contributed by atoms with Gasteiger partial charge in [0, 0.05) is 11.4 Å². The zero-order valence-electron chi connectivity index (χ0n) is 6.92. The number of carbonyl (C=O) groups is 1. The zero-order chi connectivity index (χ0) is 9.68. The number of thiophene rings is 1. The smallest absolute Gasteiger partial charge is 0.245 e. The summed E-state index contributed by atoms with van der Waals surface area (Å²) in [5.41, 5.74) is 0. The van der Waals surface area contributed by atoms with Crippen LogP contribution in [0, 0.1) is 0 Å². The van der Waals surface area contributed by atoms with E-state index in [0.717, 1.165) is 10.2 Å². The molecular formula is C8H10BrNO2S. The molecule has 0 bridgehead atoms. The van der Waals surface area contributed by atoms with Crippen LogP contribution in [0.5, 0.6) is 0 Å². The van der Waals surface area contributed by atoms with Crippen molar-refractivity contribution in [2.24, 2.45) is 0 Å². The third-order valence-electron chi connectivity index (χ3n) is 1.47. The minimum atomic E-state index is -0.436. The van der Waals surface area contributed by atoms with E-state index in [9.17, 15) is 4.79 Å². The summed E-state index contributed by atoms with van der Waals surface area (Å²) in [5.74, 6) is -0.323. The largest absolute Gasteiger partial charge is 0.387 e. The van der Waals surface area contributed by atoms with Crippen molar-refractivity contribution in [1.29, 1.82) is 0 Å². The maximum absolute atomic E-state index is 10.6. The van der Waals surface area contributed by atoms with Gasteiger partial charge in [-0.3, -0.25) is 4.79 Å². The van der Waals surface area contributed by atoms with Crippen LogP contribution in [-0.4, -0.2) is 24.2 Å². The second-order valence-electron chi connectivity index (χ2n) is 2.46. The maximum atomic E-state index is 10.6. The molecule has 0 radical (unpaired) electrons. The van der Waals surface area contributed by atoms with Crippen molar-refractivity contribution in [3.8, 4) is 0 Å². The molecule has 1 aromatic heterocycles. The van der Waals surface area contributed by atoms with Crippen molar-refractivity contribution < 1.29 is 9.90 Å². The van der Waals surface area contributed by atoms with Crippen LogP contribution < -0.4 is 5.32 Å². The van der Waals surface area contributed by atoms with E-state index < -0.39 is 6.61 Å². The van der Waals surface area contributed by atoms with Gasteiger partial charge < -0.3 is 10.4 Å². The number of rotatable bonds is 4. The number of hydrogen-bond acceptors (Lipinski definition) is 3.